The molecule has 0 aromatic carbocycles. The fraction of sp³-hybridized carbons (Fsp3) is 0.545. The van der Waals surface area contributed by atoms with E-state index in [0.717, 1.165) is 25.7 Å². The van der Waals surface area contributed by atoms with Gasteiger partial charge in [0.25, 0.3) is 0 Å². The highest BCUT2D eigenvalue weighted by molar-refractivity contribution is 7.86. The normalized spacial score (nSPS) is 18.5. The molecule has 1 aliphatic rings. The maximum atomic E-state index is 12.0. The summed E-state index contributed by atoms with van der Waals surface area (Å²) in [7, 11) is -1.07. The number of hydrogen-bond acceptors (Lipinski definition) is 3. The average molecular weight is 311 g/mol. The Morgan fingerprint density at radius 3 is 2.59 bits per heavy atom. The van der Waals surface area contributed by atoms with Crippen molar-refractivity contribution in [2.24, 2.45) is 0 Å². The summed E-state index contributed by atoms with van der Waals surface area (Å²) in [6.45, 7) is 0. The average Bonchev–Trinajstić information content (AvgIpc) is 2.87. The van der Waals surface area contributed by atoms with Crippen LogP contribution in [-0.2, 0) is 10.8 Å². The van der Waals surface area contributed by atoms with Gasteiger partial charge in [0, 0.05) is 21.6 Å². The van der Waals surface area contributed by atoms with E-state index in [1.165, 1.54) is 11.3 Å². The van der Waals surface area contributed by atoms with Gasteiger partial charge in [-0.3, -0.25) is 9.00 Å². The van der Waals surface area contributed by atoms with Gasteiger partial charge in [0.2, 0.25) is 0 Å². The Labute approximate surface area is 117 Å². The SMILES string of the molecule is O=C(CS(=O)C1CCCC1)c1cc(Cl)sc1Cl. The summed E-state index contributed by atoms with van der Waals surface area (Å²) in [5.41, 5.74) is 0.410. The second-order valence-electron chi connectivity index (χ2n) is 4.09. The van der Waals surface area contributed by atoms with E-state index in [4.69, 9.17) is 23.2 Å². The fourth-order valence-corrected chi connectivity index (χ4v) is 5.01. The maximum absolute atomic E-state index is 12.0. The maximum Gasteiger partial charge on any atom is 0.177 e. The first kappa shape index (κ1) is 13.5. The molecule has 0 spiro atoms. The molecular weight excluding hydrogens is 299 g/mol. The third-order valence-corrected chi connectivity index (χ3v) is 6.15. The zero-order chi connectivity index (χ0) is 12.4. The predicted molar refractivity (Wildman–Crippen MR) is 73.9 cm³/mol. The van der Waals surface area contributed by atoms with Crippen LogP contribution in [0.5, 0.6) is 0 Å². The van der Waals surface area contributed by atoms with Gasteiger partial charge >= 0.3 is 0 Å². The van der Waals surface area contributed by atoms with E-state index in [-0.39, 0.29) is 16.8 Å². The molecule has 6 heteroatoms. The summed E-state index contributed by atoms with van der Waals surface area (Å²) < 4.78 is 12.8. The zero-order valence-electron chi connectivity index (χ0n) is 9.08. The molecule has 0 bridgehead atoms. The molecule has 1 aliphatic carbocycles. The Morgan fingerprint density at radius 1 is 1.41 bits per heavy atom. The minimum Gasteiger partial charge on any atom is -0.293 e. The molecule has 0 radical (unpaired) electrons. The highest BCUT2D eigenvalue weighted by atomic mass is 35.5. The Kier molecular flexibility index (Phi) is 4.64. The van der Waals surface area contributed by atoms with E-state index in [0.29, 0.717) is 14.2 Å². The van der Waals surface area contributed by atoms with Crippen molar-refractivity contribution in [3.63, 3.8) is 0 Å². The molecule has 1 heterocycles. The molecule has 0 aliphatic heterocycles. The lowest BCUT2D eigenvalue weighted by Crippen LogP contribution is -2.19. The molecule has 1 aromatic heterocycles. The van der Waals surface area contributed by atoms with Crippen LogP contribution in [0.3, 0.4) is 0 Å². The second-order valence-corrected chi connectivity index (χ2v) is 8.10. The second kappa shape index (κ2) is 5.83. The zero-order valence-corrected chi connectivity index (χ0v) is 12.2. The van der Waals surface area contributed by atoms with Crippen LogP contribution in [0.15, 0.2) is 6.07 Å². The largest absolute Gasteiger partial charge is 0.293 e. The van der Waals surface area contributed by atoms with Crippen molar-refractivity contribution < 1.29 is 9.00 Å². The Balaban J connectivity index is 2.01. The van der Waals surface area contributed by atoms with E-state index in [1.54, 1.807) is 6.07 Å². The van der Waals surface area contributed by atoms with Gasteiger partial charge < -0.3 is 0 Å². The lowest BCUT2D eigenvalue weighted by molar-refractivity contribution is 0.102. The van der Waals surface area contributed by atoms with Crippen molar-refractivity contribution in [2.45, 2.75) is 30.9 Å². The van der Waals surface area contributed by atoms with Crippen LogP contribution >= 0.6 is 34.5 Å². The lowest BCUT2D eigenvalue weighted by atomic mass is 10.2. The topological polar surface area (TPSA) is 34.1 Å². The lowest BCUT2D eigenvalue weighted by Gasteiger charge is -2.07. The van der Waals surface area contributed by atoms with Crippen LogP contribution in [0.25, 0.3) is 0 Å². The van der Waals surface area contributed by atoms with Crippen LogP contribution in [0, 0.1) is 0 Å². The van der Waals surface area contributed by atoms with Gasteiger partial charge in [-0.1, -0.05) is 36.0 Å². The molecule has 1 aromatic rings. The molecule has 0 amide bonds. The minimum atomic E-state index is -1.07. The molecule has 1 atom stereocenters. The van der Waals surface area contributed by atoms with E-state index in [1.807, 2.05) is 0 Å². The molecule has 94 valence electrons. The summed E-state index contributed by atoms with van der Waals surface area (Å²) in [6, 6.07) is 1.56. The smallest absolute Gasteiger partial charge is 0.177 e. The van der Waals surface area contributed by atoms with E-state index < -0.39 is 10.8 Å². The summed E-state index contributed by atoms with van der Waals surface area (Å²) in [6.07, 6.45) is 4.18. The Hall–Kier alpha value is 0.1000. The standard InChI is InChI=1S/C11H12Cl2O2S2/c12-10-5-8(11(13)16-10)9(14)6-17(15)7-3-1-2-4-7/h5,7H,1-4,6H2. The highest BCUT2D eigenvalue weighted by Crippen LogP contribution is 2.32. The van der Waals surface area contributed by atoms with Gasteiger partial charge in [-0.25, -0.2) is 0 Å². The summed E-state index contributed by atoms with van der Waals surface area (Å²) in [5, 5.41) is 0.187. The molecule has 17 heavy (non-hydrogen) atoms. The number of ketones is 1. The third kappa shape index (κ3) is 3.31. The number of thiophene rings is 1. The van der Waals surface area contributed by atoms with Crippen LogP contribution in [0.1, 0.15) is 36.0 Å². The fourth-order valence-electron chi connectivity index (χ4n) is 2.01. The summed E-state index contributed by atoms with van der Waals surface area (Å²) in [4.78, 5) is 11.9. The number of rotatable bonds is 4. The first-order valence-electron chi connectivity index (χ1n) is 5.43. The van der Waals surface area contributed by atoms with Crippen LogP contribution in [-0.4, -0.2) is 21.0 Å². The van der Waals surface area contributed by atoms with Gasteiger partial charge in [-0.15, -0.1) is 11.3 Å². The first-order chi connectivity index (χ1) is 8.08. The van der Waals surface area contributed by atoms with Crippen molar-refractivity contribution >= 4 is 51.1 Å². The highest BCUT2D eigenvalue weighted by Gasteiger charge is 2.24. The Morgan fingerprint density at radius 2 is 2.06 bits per heavy atom. The molecule has 1 fully saturated rings. The number of hydrogen-bond donors (Lipinski definition) is 0. The molecule has 2 nitrogen and oxygen atoms in total. The van der Waals surface area contributed by atoms with Crippen molar-refractivity contribution in [3.05, 3.63) is 20.3 Å². The molecule has 0 N–H and O–H groups in total. The number of halogens is 2. The summed E-state index contributed by atoms with van der Waals surface area (Å²) >= 11 is 12.8. The van der Waals surface area contributed by atoms with Crippen LogP contribution in [0.2, 0.25) is 8.67 Å². The minimum absolute atomic E-state index is 0.0669. The molecule has 1 saturated carbocycles. The third-order valence-electron chi connectivity index (χ3n) is 2.90. The van der Waals surface area contributed by atoms with Crippen LogP contribution in [0.4, 0.5) is 0 Å². The van der Waals surface area contributed by atoms with Crippen molar-refractivity contribution in [2.75, 3.05) is 5.75 Å². The molecule has 1 unspecified atom stereocenters. The number of Topliss-reactive ketones (excluding diaryl/α,β-unsaturated/α-hetero) is 1. The van der Waals surface area contributed by atoms with Crippen molar-refractivity contribution in [1.82, 2.24) is 0 Å². The van der Waals surface area contributed by atoms with Gasteiger partial charge in [0.05, 0.1) is 10.1 Å². The predicted octanol–water partition coefficient (Wildman–Crippen LogP) is 3.93. The first-order valence-corrected chi connectivity index (χ1v) is 8.38. The van der Waals surface area contributed by atoms with Gasteiger partial charge in [-0.2, -0.15) is 0 Å². The number of carbonyl (C=O) groups excluding carboxylic acids is 1. The molecule has 2 rings (SSSR count). The quantitative estimate of drug-likeness (QED) is 0.790. The molecule has 0 saturated heterocycles. The number of carbonyl (C=O) groups is 1. The monoisotopic (exact) mass is 310 g/mol. The van der Waals surface area contributed by atoms with E-state index in [2.05, 4.69) is 0 Å². The van der Waals surface area contributed by atoms with Gasteiger partial charge in [-0.05, 0) is 18.9 Å². The van der Waals surface area contributed by atoms with Gasteiger partial charge in [0.1, 0.15) is 4.34 Å². The van der Waals surface area contributed by atoms with Gasteiger partial charge in [0.15, 0.2) is 5.78 Å². The van der Waals surface area contributed by atoms with Crippen molar-refractivity contribution in [1.29, 1.82) is 0 Å². The van der Waals surface area contributed by atoms with E-state index >= 15 is 0 Å². The van der Waals surface area contributed by atoms with Crippen LogP contribution < -0.4 is 0 Å². The Bertz CT molecular complexity index is 450. The van der Waals surface area contributed by atoms with Crippen molar-refractivity contribution in [3.8, 4) is 0 Å². The molecular formula is C11H12Cl2O2S2. The van der Waals surface area contributed by atoms with E-state index in [9.17, 15) is 9.00 Å². The summed E-state index contributed by atoms with van der Waals surface area (Å²) in [5.74, 6) is -0.0966.